The number of hydrogen-bond donors (Lipinski definition) is 1. The van der Waals surface area contributed by atoms with E-state index in [9.17, 15) is 9.59 Å². The van der Waals surface area contributed by atoms with Gasteiger partial charge in [0.15, 0.2) is 6.23 Å². The van der Waals surface area contributed by atoms with E-state index < -0.39 is 18.3 Å². The number of likely N-dealkylation sites (tertiary alicyclic amines) is 1. The van der Waals surface area contributed by atoms with Crippen molar-refractivity contribution in [3.05, 3.63) is 70.3 Å². The first-order valence-electron chi connectivity index (χ1n) is 9.07. The normalized spacial score (nSPS) is 16.3. The molecule has 7 heteroatoms. The predicted molar refractivity (Wildman–Crippen MR) is 108 cm³/mol. The highest BCUT2D eigenvalue weighted by Crippen LogP contribution is 2.26. The zero-order valence-corrected chi connectivity index (χ0v) is 16.6. The maximum atomic E-state index is 12.7. The van der Waals surface area contributed by atoms with Crippen molar-refractivity contribution in [1.82, 2.24) is 9.88 Å². The van der Waals surface area contributed by atoms with Crippen molar-refractivity contribution in [3.8, 4) is 0 Å². The molecule has 1 N–H and O–H groups in total. The third kappa shape index (κ3) is 3.89. The molecular weight excluding hydrogens is 424 g/mol. The van der Waals surface area contributed by atoms with Crippen molar-refractivity contribution in [3.63, 3.8) is 0 Å². The fourth-order valence-electron chi connectivity index (χ4n) is 3.32. The van der Waals surface area contributed by atoms with E-state index in [4.69, 9.17) is 9.47 Å². The Morgan fingerprint density at radius 2 is 2.00 bits per heavy atom. The van der Waals surface area contributed by atoms with E-state index in [1.165, 1.54) is 4.90 Å². The van der Waals surface area contributed by atoms with Gasteiger partial charge in [0.05, 0.1) is 5.56 Å². The van der Waals surface area contributed by atoms with E-state index in [1.807, 2.05) is 48.5 Å². The minimum atomic E-state index is -0.618. The molecule has 4 rings (SSSR count). The van der Waals surface area contributed by atoms with Crippen LogP contribution in [0.2, 0.25) is 0 Å². The number of aromatic amines is 1. The lowest BCUT2D eigenvalue weighted by atomic mass is 10.2. The first kappa shape index (κ1) is 18.6. The van der Waals surface area contributed by atoms with Crippen LogP contribution in [-0.4, -0.2) is 34.7 Å². The van der Waals surface area contributed by atoms with Crippen molar-refractivity contribution < 1.29 is 19.1 Å². The average Bonchev–Trinajstić information content (AvgIpc) is 3.33. The van der Waals surface area contributed by atoms with Crippen LogP contribution in [0, 0.1) is 0 Å². The van der Waals surface area contributed by atoms with Crippen LogP contribution >= 0.6 is 15.9 Å². The predicted octanol–water partition coefficient (Wildman–Crippen LogP) is 4.85. The molecule has 144 valence electrons. The molecule has 0 aliphatic carbocycles. The molecular formula is C21H19BrN2O4. The van der Waals surface area contributed by atoms with Crippen molar-refractivity contribution in [2.45, 2.75) is 25.7 Å². The van der Waals surface area contributed by atoms with Gasteiger partial charge >= 0.3 is 12.1 Å². The van der Waals surface area contributed by atoms with E-state index in [2.05, 4.69) is 20.9 Å². The summed E-state index contributed by atoms with van der Waals surface area (Å²) in [6.07, 6.45) is 1.90. The Morgan fingerprint density at radius 3 is 2.82 bits per heavy atom. The van der Waals surface area contributed by atoms with E-state index in [-0.39, 0.29) is 6.61 Å². The lowest BCUT2D eigenvalue weighted by Crippen LogP contribution is -2.38. The molecule has 6 nitrogen and oxygen atoms in total. The quantitative estimate of drug-likeness (QED) is 0.586. The Morgan fingerprint density at radius 1 is 1.18 bits per heavy atom. The van der Waals surface area contributed by atoms with Gasteiger partial charge in [-0.2, -0.15) is 0 Å². The number of nitrogens with one attached hydrogen (secondary N) is 1. The van der Waals surface area contributed by atoms with Gasteiger partial charge in [-0.1, -0.05) is 46.3 Å². The molecule has 1 aromatic heterocycles. The largest absolute Gasteiger partial charge is 0.444 e. The lowest BCUT2D eigenvalue weighted by molar-refractivity contribution is -0.0147. The molecule has 1 aliphatic heterocycles. The number of fused-ring (bicyclic) bond motifs is 1. The van der Waals surface area contributed by atoms with Crippen LogP contribution in [0.15, 0.2) is 59.2 Å². The molecule has 1 fully saturated rings. The number of hydrogen-bond acceptors (Lipinski definition) is 4. The maximum absolute atomic E-state index is 12.7. The van der Waals surface area contributed by atoms with Crippen LogP contribution in [0.4, 0.5) is 4.79 Å². The summed E-state index contributed by atoms with van der Waals surface area (Å²) in [5.41, 5.74) is 2.20. The van der Waals surface area contributed by atoms with E-state index in [1.54, 1.807) is 6.20 Å². The molecule has 1 atom stereocenters. The molecule has 28 heavy (non-hydrogen) atoms. The summed E-state index contributed by atoms with van der Waals surface area (Å²) in [6.45, 7) is 0.693. The number of amides is 1. The van der Waals surface area contributed by atoms with E-state index in [0.29, 0.717) is 18.5 Å². The first-order valence-corrected chi connectivity index (χ1v) is 9.86. The molecule has 0 radical (unpaired) electrons. The Balaban J connectivity index is 1.42. The second-order valence-corrected chi connectivity index (χ2v) is 7.54. The summed E-state index contributed by atoms with van der Waals surface area (Å²) < 4.78 is 11.9. The van der Waals surface area contributed by atoms with Crippen LogP contribution in [0.3, 0.4) is 0 Å². The molecule has 0 spiro atoms. The van der Waals surface area contributed by atoms with Gasteiger partial charge in [-0.3, -0.25) is 4.90 Å². The molecule has 1 amide bonds. The van der Waals surface area contributed by atoms with Gasteiger partial charge < -0.3 is 14.5 Å². The number of benzene rings is 2. The summed E-state index contributed by atoms with van der Waals surface area (Å²) in [5.74, 6) is -0.461. The highest BCUT2D eigenvalue weighted by atomic mass is 79.9. The van der Waals surface area contributed by atoms with Gasteiger partial charge in [0, 0.05) is 34.5 Å². The minimum absolute atomic E-state index is 0.188. The first-order chi connectivity index (χ1) is 13.6. The smallest absolute Gasteiger partial charge is 0.413 e. The highest BCUT2D eigenvalue weighted by molar-refractivity contribution is 9.10. The van der Waals surface area contributed by atoms with Gasteiger partial charge in [-0.15, -0.1) is 0 Å². The monoisotopic (exact) mass is 442 g/mol. The second kappa shape index (κ2) is 8.06. The third-order valence-electron chi connectivity index (χ3n) is 4.74. The molecule has 2 aromatic carbocycles. The van der Waals surface area contributed by atoms with Crippen molar-refractivity contribution in [2.75, 3.05) is 6.54 Å². The number of esters is 1. The number of nitrogens with zero attached hydrogens (tertiary/aromatic N) is 1. The zero-order valence-electron chi connectivity index (χ0n) is 15.1. The Labute approximate surface area is 170 Å². The molecule has 1 aliphatic rings. The summed E-state index contributed by atoms with van der Waals surface area (Å²) in [4.78, 5) is 29.7. The van der Waals surface area contributed by atoms with Crippen LogP contribution in [0.5, 0.6) is 0 Å². The Bertz CT molecular complexity index is 1000. The minimum Gasteiger partial charge on any atom is -0.444 e. The summed E-state index contributed by atoms with van der Waals surface area (Å²) in [5, 5.41) is 0.774. The topological polar surface area (TPSA) is 71.6 Å². The average molecular weight is 443 g/mol. The Kier molecular flexibility index (Phi) is 5.34. The standard InChI is InChI=1S/C21H19BrN2O4/c22-15-8-9-18-16(11-15)17(12-23-18)20(25)28-19-7-4-10-24(19)21(26)27-13-14-5-2-1-3-6-14/h1-3,5-6,8-9,11-12,19,23H,4,7,10,13H2. The molecule has 0 bridgehead atoms. The molecule has 2 heterocycles. The van der Waals surface area contributed by atoms with Crippen molar-refractivity contribution in [2.24, 2.45) is 0 Å². The maximum Gasteiger partial charge on any atom is 0.413 e. The molecule has 1 unspecified atom stereocenters. The molecule has 1 saturated heterocycles. The highest BCUT2D eigenvalue weighted by Gasteiger charge is 2.33. The van der Waals surface area contributed by atoms with Gasteiger partial charge in [-0.05, 0) is 30.2 Å². The second-order valence-electron chi connectivity index (χ2n) is 6.63. The number of rotatable bonds is 4. The van der Waals surface area contributed by atoms with Crippen LogP contribution in [0.25, 0.3) is 10.9 Å². The van der Waals surface area contributed by atoms with Crippen LogP contribution < -0.4 is 0 Å². The third-order valence-corrected chi connectivity index (χ3v) is 5.24. The summed E-state index contributed by atoms with van der Waals surface area (Å²) in [6, 6.07) is 15.1. The van der Waals surface area contributed by atoms with E-state index in [0.717, 1.165) is 27.4 Å². The van der Waals surface area contributed by atoms with Gasteiger partial charge in [0.25, 0.3) is 0 Å². The van der Waals surface area contributed by atoms with Gasteiger partial charge in [-0.25, -0.2) is 9.59 Å². The number of aromatic nitrogens is 1. The summed E-state index contributed by atoms with van der Waals surface area (Å²) in [7, 11) is 0. The lowest BCUT2D eigenvalue weighted by Gasteiger charge is -2.23. The van der Waals surface area contributed by atoms with Crippen molar-refractivity contribution >= 4 is 38.9 Å². The van der Waals surface area contributed by atoms with E-state index >= 15 is 0 Å². The fraction of sp³-hybridized carbons (Fsp3) is 0.238. The number of carbonyl (C=O) groups excluding carboxylic acids is 2. The zero-order chi connectivity index (χ0) is 19.5. The van der Waals surface area contributed by atoms with Crippen LogP contribution in [-0.2, 0) is 16.1 Å². The fourth-order valence-corrected chi connectivity index (χ4v) is 3.68. The molecule has 3 aromatic rings. The van der Waals surface area contributed by atoms with Gasteiger partial charge in [0.2, 0.25) is 0 Å². The number of carbonyl (C=O) groups is 2. The SMILES string of the molecule is O=C(OC1CCCN1C(=O)OCc1ccccc1)c1c[nH]c2ccc(Br)cc12. The Hall–Kier alpha value is -2.80. The summed E-state index contributed by atoms with van der Waals surface area (Å²) >= 11 is 3.42. The number of H-pyrrole nitrogens is 1. The van der Waals surface area contributed by atoms with Crippen molar-refractivity contribution in [1.29, 1.82) is 0 Å². The van der Waals surface area contributed by atoms with Gasteiger partial charge in [0.1, 0.15) is 6.61 Å². The van der Waals surface area contributed by atoms with Crippen LogP contribution in [0.1, 0.15) is 28.8 Å². The molecule has 0 saturated carbocycles. The number of ether oxygens (including phenoxy) is 2. The number of halogens is 1.